The highest BCUT2D eigenvalue weighted by atomic mass is 35.5. The van der Waals surface area contributed by atoms with Crippen molar-refractivity contribution in [3.8, 4) is 0 Å². The fourth-order valence-electron chi connectivity index (χ4n) is 3.73. The van der Waals surface area contributed by atoms with E-state index in [1.807, 2.05) is 0 Å². The Morgan fingerprint density at radius 1 is 1.25 bits per heavy atom. The monoisotopic (exact) mass is 417 g/mol. The van der Waals surface area contributed by atoms with Crippen LogP contribution < -0.4 is 16.0 Å². The van der Waals surface area contributed by atoms with E-state index >= 15 is 0 Å². The summed E-state index contributed by atoms with van der Waals surface area (Å²) in [6, 6.07) is 2.29. The van der Waals surface area contributed by atoms with E-state index in [4.69, 9.17) is 11.6 Å². The first kappa shape index (κ1) is 20.4. The zero-order valence-corrected chi connectivity index (χ0v) is 15.5. The number of hydrogen-bond donors (Lipinski definition) is 3. The Balaban J connectivity index is 1.84. The summed E-state index contributed by atoms with van der Waals surface area (Å²) in [6.45, 7) is 0.235. The molecule has 28 heavy (non-hydrogen) atoms. The highest BCUT2D eigenvalue weighted by Gasteiger charge is 2.48. The van der Waals surface area contributed by atoms with Crippen LogP contribution in [0.2, 0.25) is 0 Å². The van der Waals surface area contributed by atoms with Crippen LogP contribution in [0.15, 0.2) is 18.2 Å². The van der Waals surface area contributed by atoms with Crippen molar-refractivity contribution in [1.82, 2.24) is 10.6 Å². The van der Waals surface area contributed by atoms with Crippen LogP contribution >= 0.6 is 11.6 Å². The summed E-state index contributed by atoms with van der Waals surface area (Å²) in [4.78, 5) is 35.8. The topological polar surface area (TPSA) is 87.3 Å². The van der Waals surface area contributed by atoms with Gasteiger partial charge in [-0.1, -0.05) is 6.42 Å². The van der Waals surface area contributed by atoms with Crippen LogP contribution in [-0.2, 0) is 15.8 Å². The summed E-state index contributed by atoms with van der Waals surface area (Å²) >= 11 is 5.38. The molecule has 2 fully saturated rings. The van der Waals surface area contributed by atoms with E-state index in [-0.39, 0.29) is 41.6 Å². The van der Waals surface area contributed by atoms with Crippen molar-refractivity contribution >= 4 is 35.0 Å². The normalized spacial score (nSPS) is 20.9. The van der Waals surface area contributed by atoms with Gasteiger partial charge in [-0.2, -0.15) is 13.2 Å². The van der Waals surface area contributed by atoms with E-state index < -0.39 is 29.4 Å². The Labute approximate surface area is 164 Å². The summed E-state index contributed by atoms with van der Waals surface area (Å²) in [5, 5.41) is 7.69. The molecular weight excluding hydrogens is 399 g/mol. The van der Waals surface area contributed by atoms with Gasteiger partial charge in [-0.15, -0.1) is 11.6 Å². The number of alkyl halides is 4. The first-order valence-electron chi connectivity index (χ1n) is 8.79. The summed E-state index contributed by atoms with van der Waals surface area (Å²) in [6.07, 6.45) is -1.89. The summed E-state index contributed by atoms with van der Waals surface area (Å²) in [5.41, 5.74) is -1.79. The molecule has 6 nitrogen and oxygen atoms in total. The number of carbonyl (C=O) groups is 3. The van der Waals surface area contributed by atoms with E-state index in [0.29, 0.717) is 0 Å². The van der Waals surface area contributed by atoms with Gasteiger partial charge in [-0.25, -0.2) is 0 Å². The summed E-state index contributed by atoms with van der Waals surface area (Å²) in [5.74, 6) is -1.90. The van der Waals surface area contributed by atoms with Crippen LogP contribution in [-0.4, -0.2) is 36.2 Å². The van der Waals surface area contributed by atoms with Gasteiger partial charge >= 0.3 is 6.18 Å². The lowest BCUT2D eigenvalue weighted by molar-refractivity contribution is -0.137. The molecule has 3 N–H and O–H groups in total. The lowest BCUT2D eigenvalue weighted by atomic mass is 9.60. The van der Waals surface area contributed by atoms with Crippen molar-refractivity contribution < 1.29 is 27.6 Å². The Bertz CT molecular complexity index is 809. The highest BCUT2D eigenvalue weighted by Crippen LogP contribution is 2.48. The van der Waals surface area contributed by atoms with Crippen LogP contribution in [0.5, 0.6) is 0 Å². The predicted molar refractivity (Wildman–Crippen MR) is 96.0 cm³/mol. The van der Waals surface area contributed by atoms with Crippen molar-refractivity contribution in [3.05, 3.63) is 29.3 Å². The third kappa shape index (κ3) is 4.24. The molecule has 1 unspecified atom stereocenters. The molecule has 1 atom stereocenters. The second-order valence-corrected chi connectivity index (χ2v) is 7.47. The molecule has 1 saturated heterocycles. The van der Waals surface area contributed by atoms with Gasteiger partial charge in [0.25, 0.3) is 5.91 Å². The minimum absolute atomic E-state index is 0.0876. The fraction of sp³-hybridized carbons (Fsp3) is 0.500. The van der Waals surface area contributed by atoms with Crippen molar-refractivity contribution in [1.29, 1.82) is 0 Å². The second kappa shape index (κ2) is 7.62. The van der Waals surface area contributed by atoms with Crippen LogP contribution in [0, 0.1) is 5.41 Å². The number of benzene rings is 1. The van der Waals surface area contributed by atoms with Gasteiger partial charge in [0.05, 0.1) is 11.6 Å². The van der Waals surface area contributed by atoms with Gasteiger partial charge < -0.3 is 16.0 Å². The quantitative estimate of drug-likeness (QED) is 0.658. The SMILES string of the molecule is O=C1CC2(CCC2)C(NC(=O)c2cc(NC(=O)CCl)cc(C(F)(F)F)c2)CN1. The highest BCUT2D eigenvalue weighted by molar-refractivity contribution is 6.29. The number of halogens is 4. The maximum atomic E-state index is 13.2. The molecule has 0 radical (unpaired) electrons. The third-order valence-electron chi connectivity index (χ3n) is 5.34. The number of carbonyl (C=O) groups excluding carboxylic acids is 3. The maximum Gasteiger partial charge on any atom is 0.416 e. The average molecular weight is 418 g/mol. The van der Waals surface area contributed by atoms with Gasteiger partial charge in [0.15, 0.2) is 0 Å². The number of amides is 3. The van der Waals surface area contributed by atoms with Crippen molar-refractivity contribution in [3.63, 3.8) is 0 Å². The molecule has 1 aromatic rings. The largest absolute Gasteiger partial charge is 0.416 e. The third-order valence-corrected chi connectivity index (χ3v) is 5.58. The molecule has 2 aliphatic rings. The van der Waals surface area contributed by atoms with Crippen LogP contribution in [0.3, 0.4) is 0 Å². The standard InChI is InChI=1S/C18H19ClF3N3O3/c19-8-15(27)24-12-5-10(4-11(6-12)18(20,21)22)16(28)25-13-9-23-14(26)7-17(13)2-1-3-17/h4-6,13H,1-3,7-9H2,(H,23,26)(H,24,27)(H,25,28). The van der Waals surface area contributed by atoms with Crippen molar-refractivity contribution in [2.75, 3.05) is 17.7 Å². The van der Waals surface area contributed by atoms with Crippen LogP contribution in [0.4, 0.5) is 18.9 Å². The predicted octanol–water partition coefficient (Wildman–Crippen LogP) is 2.67. The zero-order chi connectivity index (χ0) is 20.5. The zero-order valence-electron chi connectivity index (χ0n) is 14.8. The van der Waals surface area contributed by atoms with Crippen molar-refractivity contribution in [2.24, 2.45) is 5.41 Å². The average Bonchev–Trinajstić information content (AvgIpc) is 2.60. The van der Waals surface area contributed by atoms with Gasteiger partial charge in [0.1, 0.15) is 5.88 Å². The molecule has 1 heterocycles. The molecule has 1 saturated carbocycles. The fourth-order valence-corrected chi connectivity index (χ4v) is 3.80. The lowest BCUT2D eigenvalue weighted by Crippen LogP contribution is -2.61. The minimum atomic E-state index is -4.69. The van der Waals surface area contributed by atoms with E-state index in [1.165, 1.54) is 6.07 Å². The smallest absolute Gasteiger partial charge is 0.354 e. The van der Waals surface area contributed by atoms with Gasteiger partial charge in [-0.3, -0.25) is 14.4 Å². The second-order valence-electron chi connectivity index (χ2n) is 7.20. The molecule has 3 rings (SSSR count). The van der Waals surface area contributed by atoms with Gasteiger partial charge in [0.2, 0.25) is 11.8 Å². The number of nitrogens with one attached hydrogen (secondary N) is 3. The van der Waals surface area contributed by atoms with E-state index in [9.17, 15) is 27.6 Å². The molecule has 1 spiro atoms. The molecule has 0 bridgehead atoms. The Hall–Kier alpha value is -2.29. The molecule has 0 aromatic heterocycles. The number of rotatable bonds is 4. The number of piperidine rings is 1. The minimum Gasteiger partial charge on any atom is -0.354 e. The molecule has 10 heteroatoms. The molecule has 1 aliphatic carbocycles. The lowest BCUT2D eigenvalue weighted by Gasteiger charge is -2.50. The number of hydrogen-bond acceptors (Lipinski definition) is 3. The van der Waals surface area contributed by atoms with E-state index in [2.05, 4.69) is 16.0 Å². The molecular formula is C18H19ClF3N3O3. The molecule has 3 amide bonds. The first-order chi connectivity index (χ1) is 13.1. The van der Waals surface area contributed by atoms with E-state index in [0.717, 1.165) is 31.4 Å². The molecule has 152 valence electrons. The summed E-state index contributed by atoms with van der Waals surface area (Å²) < 4.78 is 39.6. The van der Waals surface area contributed by atoms with Crippen molar-refractivity contribution in [2.45, 2.75) is 37.9 Å². The first-order valence-corrected chi connectivity index (χ1v) is 9.32. The van der Waals surface area contributed by atoms with Crippen LogP contribution in [0.1, 0.15) is 41.6 Å². The molecule has 1 aliphatic heterocycles. The van der Waals surface area contributed by atoms with Crippen LogP contribution in [0.25, 0.3) is 0 Å². The number of anilines is 1. The Kier molecular flexibility index (Phi) is 5.56. The van der Waals surface area contributed by atoms with Gasteiger partial charge in [-0.05, 0) is 31.0 Å². The Morgan fingerprint density at radius 2 is 1.96 bits per heavy atom. The summed E-state index contributed by atoms with van der Waals surface area (Å²) in [7, 11) is 0. The Morgan fingerprint density at radius 3 is 2.54 bits per heavy atom. The van der Waals surface area contributed by atoms with E-state index in [1.54, 1.807) is 0 Å². The van der Waals surface area contributed by atoms with Gasteiger partial charge in [0, 0.05) is 29.6 Å². The molecule has 1 aromatic carbocycles. The maximum absolute atomic E-state index is 13.2.